The van der Waals surface area contributed by atoms with Crippen molar-refractivity contribution >= 4 is 39.8 Å². The summed E-state index contributed by atoms with van der Waals surface area (Å²) < 4.78 is 0. The molecule has 1 aromatic heterocycles. The van der Waals surface area contributed by atoms with Crippen LogP contribution in [0.1, 0.15) is 0 Å². The van der Waals surface area contributed by atoms with Gasteiger partial charge in [0.15, 0.2) is 0 Å². The Bertz CT molecular complexity index is 562. The predicted molar refractivity (Wildman–Crippen MR) is 69.8 cm³/mol. The molecule has 1 aromatic carbocycles. The third-order valence-electron chi connectivity index (χ3n) is 2.29. The molecule has 1 heterocycles. The Hall–Kier alpha value is -1.33. The smallest absolute Gasteiger partial charge is 0.264 e. The molecule has 0 atom stereocenters. The van der Waals surface area contributed by atoms with E-state index < -0.39 is 0 Å². The summed E-state index contributed by atoms with van der Waals surface area (Å²) in [5.74, 6) is 1.32. The van der Waals surface area contributed by atoms with Crippen LogP contribution in [0.15, 0.2) is 35.5 Å². The van der Waals surface area contributed by atoms with E-state index in [0.29, 0.717) is 11.3 Å². The maximum atomic E-state index is 10.9. The van der Waals surface area contributed by atoms with E-state index in [1.165, 1.54) is 12.3 Å². The molecule has 2 aromatic rings. The summed E-state index contributed by atoms with van der Waals surface area (Å²) in [6, 6.07) is 5.07. The topological polar surface area (TPSA) is 56.0 Å². The lowest BCUT2D eigenvalue weighted by Gasteiger charge is -2.05. The van der Waals surface area contributed by atoms with Crippen molar-refractivity contribution in [2.45, 2.75) is 4.90 Å². The van der Waals surface area contributed by atoms with E-state index in [2.05, 4.69) is 4.98 Å². The molecule has 4 nitrogen and oxygen atoms in total. The highest BCUT2D eigenvalue weighted by atomic mass is 35.5. The molecule has 0 unspecified atom stereocenters. The van der Waals surface area contributed by atoms with Gasteiger partial charge in [0.05, 0.1) is 10.3 Å². The number of alkyl halides is 1. The van der Waals surface area contributed by atoms with Crippen LogP contribution in [0, 0.1) is 10.1 Å². The number of benzene rings is 1. The Morgan fingerprint density at radius 3 is 2.88 bits per heavy atom. The first-order valence-corrected chi connectivity index (χ1v) is 6.46. The molecule has 2 rings (SSSR count). The van der Waals surface area contributed by atoms with Crippen molar-refractivity contribution in [1.29, 1.82) is 0 Å². The van der Waals surface area contributed by atoms with Crippen molar-refractivity contribution in [3.8, 4) is 0 Å². The molecule has 0 fully saturated rings. The Kier molecular flexibility index (Phi) is 3.81. The lowest BCUT2D eigenvalue weighted by Crippen LogP contribution is -1.91. The molecule has 0 spiro atoms. The van der Waals surface area contributed by atoms with Gasteiger partial charge in [-0.15, -0.1) is 23.4 Å². The van der Waals surface area contributed by atoms with E-state index >= 15 is 0 Å². The number of nitrogens with zero attached hydrogens (tertiary/aromatic N) is 2. The van der Waals surface area contributed by atoms with E-state index in [9.17, 15) is 10.1 Å². The maximum Gasteiger partial charge on any atom is 0.278 e. The van der Waals surface area contributed by atoms with Gasteiger partial charge in [0.1, 0.15) is 0 Å². The van der Waals surface area contributed by atoms with Gasteiger partial charge in [-0.1, -0.05) is 0 Å². The van der Waals surface area contributed by atoms with E-state index in [-0.39, 0.29) is 10.6 Å². The van der Waals surface area contributed by atoms with Crippen molar-refractivity contribution in [2.75, 3.05) is 11.6 Å². The van der Waals surface area contributed by atoms with Gasteiger partial charge in [-0.2, -0.15) is 0 Å². The molecule has 0 N–H and O–H groups in total. The highest BCUT2D eigenvalue weighted by molar-refractivity contribution is 7.99. The fourth-order valence-electron chi connectivity index (χ4n) is 1.58. The van der Waals surface area contributed by atoms with Gasteiger partial charge in [0, 0.05) is 40.4 Å². The fourth-order valence-corrected chi connectivity index (χ4v) is 2.61. The first kappa shape index (κ1) is 12.1. The number of rotatable bonds is 4. The molecule has 6 heteroatoms. The molecule has 0 aliphatic heterocycles. The zero-order chi connectivity index (χ0) is 12.3. The second-order valence-electron chi connectivity index (χ2n) is 3.30. The van der Waals surface area contributed by atoms with E-state index in [4.69, 9.17) is 11.6 Å². The number of pyridine rings is 1. The average Bonchev–Trinajstić information content (AvgIpc) is 2.35. The second-order valence-corrected chi connectivity index (χ2v) is 4.81. The number of thioether (sulfide) groups is 1. The summed E-state index contributed by atoms with van der Waals surface area (Å²) in [4.78, 5) is 15.4. The highest BCUT2D eigenvalue weighted by Crippen LogP contribution is 2.33. The van der Waals surface area contributed by atoms with Crippen molar-refractivity contribution in [1.82, 2.24) is 4.98 Å². The fraction of sp³-hybridized carbons (Fsp3) is 0.182. The molecule has 0 aliphatic carbocycles. The SMILES string of the molecule is O=[N+]([O-])c1ccc(SCCCl)c2ccncc12. The van der Waals surface area contributed by atoms with Crippen molar-refractivity contribution in [2.24, 2.45) is 0 Å². The lowest BCUT2D eigenvalue weighted by atomic mass is 10.1. The number of hydrogen-bond acceptors (Lipinski definition) is 4. The van der Waals surface area contributed by atoms with Crippen LogP contribution in [-0.4, -0.2) is 21.5 Å². The summed E-state index contributed by atoms with van der Waals surface area (Å²) >= 11 is 7.23. The van der Waals surface area contributed by atoms with Crippen LogP contribution in [0.3, 0.4) is 0 Å². The molecule has 88 valence electrons. The van der Waals surface area contributed by atoms with Gasteiger partial charge in [0.25, 0.3) is 5.69 Å². The zero-order valence-corrected chi connectivity index (χ0v) is 10.4. The summed E-state index contributed by atoms with van der Waals surface area (Å²) in [5.41, 5.74) is 0.0864. The van der Waals surface area contributed by atoms with Gasteiger partial charge in [-0.05, 0) is 12.1 Å². The second kappa shape index (κ2) is 5.33. The monoisotopic (exact) mass is 268 g/mol. The minimum absolute atomic E-state index is 0.0864. The molecule has 0 amide bonds. The van der Waals surface area contributed by atoms with Crippen LogP contribution in [0.25, 0.3) is 10.8 Å². The quantitative estimate of drug-likeness (QED) is 0.369. The van der Waals surface area contributed by atoms with E-state index in [1.54, 1.807) is 30.1 Å². The third kappa shape index (κ3) is 2.50. The number of nitro groups is 1. The lowest BCUT2D eigenvalue weighted by molar-refractivity contribution is -0.383. The zero-order valence-electron chi connectivity index (χ0n) is 8.80. The van der Waals surface area contributed by atoms with E-state index in [1.807, 2.05) is 0 Å². The maximum absolute atomic E-state index is 10.9. The summed E-state index contributed by atoms with van der Waals surface area (Å²) in [6.45, 7) is 0. The highest BCUT2D eigenvalue weighted by Gasteiger charge is 2.14. The molecule has 0 radical (unpaired) electrons. The Balaban J connectivity index is 2.58. The number of aromatic nitrogens is 1. The summed E-state index contributed by atoms with van der Waals surface area (Å²) in [7, 11) is 0. The molecular weight excluding hydrogens is 260 g/mol. The number of hydrogen-bond donors (Lipinski definition) is 0. The first-order chi connectivity index (χ1) is 8.24. The normalized spacial score (nSPS) is 10.6. The minimum atomic E-state index is -0.389. The van der Waals surface area contributed by atoms with Crippen LogP contribution >= 0.6 is 23.4 Å². The van der Waals surface area contributed by atoms with Crippen LogP contribution in [-0.2, 0) is 0 Å². The van der Waals surface area contributed by atoms with E-state index in [0.717, 1.165) is 16.0 Å². The Morgan fingerprint density at radius 2 is 2.18 bits per heavy atom. The van der Waals surface area contributed by atoms with Gasteiger partial charge >= 0.3 is 0 Å². The number of nitro benzene ring substituents is 1. The summed E-state index contributed by atoms with van der Waals surface area (Å²) in [5, 5.41) is 12.3. The average molecular weight is 269 g/mol. The van der Waals surface area contributed by atoms with Crippen molar-refractivity contribution in [3.05, 3.63) is 40.7 Å². The molecule has 17 heavy (non-hydrogen) atoms. The van der Waals surface area contributed by atoms with Crippen LogP contribution in [0.5, 0.6) is 0 Å². The van der Waals surface area contributed by atoms with Crippen LogP contribution in [0.4, 0.5) is 5.69 Å². The van der Waals surface area contributed by atoms with Crippen molar-refractivity contribution in [3.63, 3.8) is 0 Å². The van der Waals surface area contributed by atoms with Gasteiger partial charge in [0.2, 0.25) is 0 Å². The van der Waals surface area contributed by atoms with Crippen LogP contribution in [0.2, 0.25) is 0 Å². The molecule has 0 aliphatic rings. The Morgan fingerprint density at radius 1 is 1.35 bits per heavy atom. The number of halogens is 1. The minimum Gasteiger partial charge on any atom is -0.264 e. The molecule has 0 saturated heterocycles. The predicted octanol–water partition coefficient (Wildman–Crippen LogP) is 3.47. The van der Waals surface area contributed by atoms with Gasteiger partial charge < -0.3 is 0 Å². The molecular formula is C11H9ClN2O2S. The standard InChI is InChI=1S/C11H9ClN2O2S/c12-4-6-17-11-2-1-10(14(15)16)9-7-13-5-3-8(9)11/h1-3,5,7H,4,6H2. The van der Waals surface area contributed by atoms with Crippen molar-refractivity contribution < 1.29 is 4.92 Å². The Labute approximate surface area is 107 Å². The number of non-ortho nitro benzene ring substituents is 1. The molecule has 0 bridgehead atoms. The summed E-state index contributed by atoms with van der Waals surface area (Å²) in [6.07, 6.45) is 3.16. The largest absolute Gasteiger partial charge is 0.278 e. The first-order valence-electron chi connectivity index (χ1n) is 4.94. The van der Waals surface area contributed by atoms with Gasteiger partial charge in [-0.3, -0.25) is 15.1 Å². The van der Waals surface area contributed by atoms with Gasteiger partial charge in [-0.25, -0.2) is 0 Å². The third-order valence-corrected chi connectivity index (χ3v) is 3.77. The molecule has 0 saturated carbocycles. The van der Waals surface area contributed by atoms with Crippen LogP contribution < -0.4 is 0 Å². The number of fused-ring (bicyclic) bond motifs is 1.